The maximum atomic E-state index is 13.4. The third kappa shape index (κ3) is 5.50. The Labute approximate surface area is 246 Å². The van der Waals surface area contributed by atoms with Crippen LogP contribution in [-0.4, -0.2) is 38.1 Å². The van der Waals surface area contributed by atoms with Gasteiger partial charge in [0.05, 0.1) is 17.3 Å². The Kier molecular flexibility index (Phi) is 7.49. The Balaban J connectivity index is 1.38. The minimum Gasteiger partial charge on any atom is -0.497 e. The Morgan fingerprint density at radius 1 is 1.00 bits per heavy atom. The molecule has 0 amide bonds. The summed E-state index contributed by atoms with van der Waals surface area (Å²) in [5.74, 6) is 2.04. The summed E-state index contributed by atoms with van der Waals surface area (Å²) in [6, 6.07) is 23.5. The molecule has 0 atom stereocenters. The van der Waals surface area contributed by atoms with Gasteiger partial charge in [-0.3, -0.25) is 4.79 Å². The number of hydrogen-bond acceptors (Lipinski definition) is 7. The molecule has 0 fully saturated rings. The minimum atomic E-state index is -0.227. The molecule has 208 valence electrons. The van der Waals surface area contributed by atoms with Gasteiger partial charge in [-0.2, -0.15) is 14.6 Å². The second-order valence-corrected chi connectivity index (χ2v) is 10.5. The van der Waals surface area contributed by atoms with E-state index in [0.717, 1.165) is 45.1 Å². The van der Waals surface area contributed by atoms with Crippen molar-refractivity contribution in [2.75, 3.05) is 13.7 Å². The zero-order chi connectivity index (χ0) is 29.1. The molecule has 42 heavy (non-hydrogen) atoms. The van der Waals surface area contributed by atoms with E-state index in [-0.39, 0.29) is 5.56 Å². The van der Waals surface area contributed by atoms with Gasteiger partial charge in [0.25, 0.3) is 5.56 Å². The normalized spacial score (nSPS) is 11.9. The topological polar surface area (TPSA) is 83.5 Å². The van der Waals surface area contributed by atoms with E-state index in [4.69, 9.17) is 14.6 Å². The summed E-state index contributed by atoms with van der Waals surface area (Å²) in [5, 5.41) is 9.34. The summed E-state index contributed by atoms with van der Waals surface area (Å²) < 4.78 is 14.7. The first kappa shape index (κ1) is 26.9. The van der Waals surface area contributed by atoms with E-state index in [2.05, 4.69) is 16.7 Å². The molecule has 3 aromatic carbocycles. The zero-order valence-electron chi connectivity index (χ0n) is 23.1. The molecule has 6 rings (SSSR count). The highest BCUT2D eigenvalue weighted by Crippen LogP contribution is 2.29. The summed E-state index contributed by atoms with van der Waals surface area (Å²) >= 11 is 1.29. The molecular weight excluding hydrogens is 546 g/mol. The van der Waals surface area contributed by atoms with Crippen LogP contribution in [-0.2, 0) is 0 Å². The lowest BCUT2D eigenvalue weighted by molar-refractivity contribution is 0.361. The van der Waals surface area contributed by atoms with Gasteiger partial charge in [-0.25, -0.2) is 4.68 Å². The number of rotatable bonds is 9. The molecule has 9 heteroatoms. The Morgan fingerprint density at radius 3 is 2.52 bits per heavy atom. The van der Waals surface area contributed by atoms with Crippen LogP contribution in [0.5, 0.6) is 11.5 Å². The number of hydrogen-bond donors (Lipinski definition) is 0. The van der Waals surface area contributed by atoms with Gasteiger partial charge in [-0.1, -0.05) is 60.4 Å². The van der Waals surface area contributed by atoms with Gasteiger partial charge in [0.1, 0.15) is 23.8 Å². The quantitative estimate of drug-likeness (QED) is 0.209. The Bertz CT molecular complexity index is 2020. The minimum absolute atomic E-state index is 0.227. The van der Waals surface area contributed by atoms with Gasteiger partial charge < -0.3 is 9.47 Å². The molecule has 0 radical (unpaired) electrons. The number of aromatic nitrogens is 5. The molecule has 0 unspecified atom stereocenters. The van der Waals surface area contributed by atoms with Crippen LogP contribution in [0.2, 0.25) is 0 Å². The van der Waals surface area contributed by atoms with E-state index in [1.165, 1.54) is 15.9 Å². The van der Waals surface area contributed by atoms with Crippen molar-refractivity contribution in [3.05, 3.63) is 129 Å². The second kappa shape index (κ2) is 11.7. The highest BCUT2D eigenvalue weighted by Gasteiger charge is 2.15. The largest absolute Gasteiger partial charge is 0.497 e. The number of para-hydroxylation sites is 1. The smallest absolute Gasteiger partial charge is 0.291 e. The number of benzene rings is 3. The third-order valence-electron chi connectivity index (χ3n) is 6.59. The third-order valence-corrected chi connectivity index (χ3v) is 7.55. The first-order valence-electron chi connectivity index (χ1n) is 13.3. The molecule has 0 bridgehead atoms. The van der Waals surface area contributed by atoms with Crippen LogP contribution in [0.4, 0.5) is 0 Å². The molecular formula is C33H27N5O3S. The van der Waals surface area contributed by atoms with Gasteiger partial charge >= 0.3 is 0 Å². The number of nitrogens with zero attached hydrogens (tertiary/aromatic N) is 5. The van der Waals surface area contributed by atoms with E-state index in [1.807, 2.05) is 103 Å². The maximum Gasteiger partial charge on any atom is 0.291 e. The predicted molar refractivity (Wildman–Crippen MR) is 167 cm³/mol. The lowest BCUT2D eigenvalue weighted by atomic mass is 10.0. The Morgan fingerprint density at radius 2 is 1.81 bits per heavy atom. The van der Waals surface area contributed by atoms with Crippen LogP contribution in [0.1, 0.15) is 22.5 Å². The fraction of sp³-hybridized carbons (Fsp3) is 0.0909. The zero-order valence-corrected chi connectivity index (χ0v) is 23.9. The fourth-order valence-electron chi connectivity index (χ4n) is 4.48. The van der Waals surface area contributed by atoms with Crippen molar-refractivity contribution in [3.63, 3.8) is 0 Å². The van der Waals surface area contributed by atoms with Crippen LogP contribution >= 0.6 is 11.3 Å². The SMILES string of the molecule is C=CCOc1ccc(-c2nn(-c3ccccc3)cc2/C=c2\sc3nc(/C=C/c4ccc(OC)cc4)nn3c2=O)cc1C. The summed E-state index contributed by atoms with van der Waals surface area (Å²) in [6.45, 7) is 6.15. The summed E-state index contributed by atoms with van der Waals surface area (Å²) in [5.41, 5.74) is 5.11. The van der Waals surface area contributed by atoms with Crippen molar-refractivity contribution in [2.24, 2.45) is 0 Å². The second-order valence-electron chi connectivity index (χ2n) is 9.48. The van der Waals surface area contributed by atoms with Gasteiger partial charge in [0, 0.05) is 17.3 Å². The highest BCUT2D eigenvalue weighted by molar-refractivity contribution is 7.15. The molecule has 3 aromatic heterocycles. The summed E-state index contributed by atoms with van der Waals surface area (Å²) in [4.78, 5) is 18.5. The molecule has 0 aliphatic carbocycles. The van der Waals surface area contributed by atoms with Crippen molar-refractivity contribution in [3.8, 4) is 28.4 Å². The van der Waals surface area contributed by atoms with E-state index < -0.39 is 0 Å². The standard InChI is InChI=1S/C33H27N5O3S/c1-4-18-41-28-16-13-24(19-22(28)2)31-25(21-37(36-31)26-8-6-5-7-9-26)20-29-32(39)38-33(42-29)34-30(35-38)17-12-23-10-14-27(40-3)15-11-23/h4-17,19-21H,1,18H2,2-3H3/b17-12+,29-20-. The average Bonchev–Trinajstić information content (AvgIpc) is 3.70. The van der Waals surface area contributed by atoms with E-state index in [1.54, 1.807) is 19.3 Å². The fourth-order valence-corrected chi connectivity index (χ4v) is 5.39. The Hall–Kier alpha value is -5.28. The summed E-state index contributed by atoms with van der Waals surface area (Å²) in [7, 11) is 1.63. The van der Waals surface area contributed by atoms with Gasteiger partial charge in [-0.05, 0) is 72.7 Å². The van der Waals surface area contributed by atoms with Crippen LogP contribution in [0.15, 0.2) is 96.4 Å². The lowest BCUT2D eigenvalue weighted by Crippen LogP contribution is -2.23. The molecule has 0 N–H and O–H groups in total. The van der Waals surface area contributed by atoms with Crippen molar-refractivity contribution in [1.29, 1.82) is 0 Å². The lowest BCUT2D eigenvalue weighted by Gasteiger charge is -2.08. The first-order chi connectivity index (χ1) is 20.5. The van der Waals surface area contributed by atoms with Crippen LogP contribution in [0, 0.1) is 6.92 Å². The summed E-state index contributed by atoms with van der Waals surface area (Å²) in [6.07, 6.45) is 9.19. The van der Waals surface area contributed by atoms with Gasteiger partial charge in [0.15, 0.2) is 5.82 Å². The van der Waals surface area contributed by atoms with Gasteiger partial charge in [-0.15, -0.1) is 5.10 Å². The van der Waals surface area contributed by atoms with Crippen LogP contribution in [0.3, 0.4) is 0 Å². The molecule has 6 aromatic rings. The molecule has 3 heterocycles. The molecule has 0 aliphatic heterocycles. The molecule has 0 saturated heterocycles. The average molecular weight is 574 g/mol. The van der Waals surface area contributed by atoms with E-state index >= 15 is 0 Å². The maximum absolute atomic E-state index is 13.4. The van der Waals surface area contributed by atoms with E-state index in [0.29, 0.717) is 21.9 Å². The number of fused-ring (bicyclic) bond motifs is 1. The van der Waals surface area contributed by atoms with Crippen molar-refractivity contribution in [1.82, 2.24) is 24.4 Å². The number of thiazole rings is 1. The predicted octanol–water partition coefficient (Wildman–Crippen LogP) is 5.60. The van der Waals surface area contributed by atoms with E-state index in [9.17, 15) is 4.79 Å². The first-order valence-corrected chi connectivity index (χ1v) is 14.1. The van der Waals surface area contributed by atoms with Crippen LogP contribution in [0.25, 0.3) is 40.1 Å². The van der Waals surface area contributed by atoms with Crippen molar-refractivity contribution >= 4 is 34.5 Å². The molecule has 8 nitrogen and oxygen atoms in total. The van der Waals surface area contributed by atoms with Crippen molar-refractivity contribution in [2.45, 2.75) is 6.92 Å². The molecule has 0 aliphatic rings. The van der Waals surface area contributed by atoms with Crippen molar-refractivity contribution < 1.29 is 9.47 Å². The van der Waals surface area contributed by atoms with Crippen LogP contribution < -0.4 is 19.6 Å². The molecule has 0 saturated carbocycles. The number of methoxy groups -OCH3 is 1. The number of aryl methyl sites for hydroxylation is 1. The molecule has 0 spiro atoms. The highest BCUT2D eigenvalue weighted by atomic mass is 32.1. The monoisotopic (exact) mass is 573 g/mol. The number of ether oxygens (including phenoxy) is 2. The van der Waals surface area contributed by atoms with Gasteiger partial charge in [0.2, 0.25) is 4.96 Å².